The van der Waals surface area contributed by atoms with Gasteiger partial charge in [0, 0.05) is 33.4 Å². The second-order valence-electron chi connectivity index (χ2n) is 8.64. The summed E-state index contributed by atoms with van der Waals surface area (Å²) in [5.41, 5.74) is 7.04. The molecule has 1 unspecified atom stereocenters. The number of fused-ring (bicyclic) bond motifs is 2. The number of para-hydroxylation sites is 1. The van der Waals surface area contributed by atoms with Crippen LogP contribution in [0.2, 0.25) is 0 Å². The van der Waals surface area contributed by atoms with E-state index in [1.54, 1.807) is 0 Å². The number of aryl methyl sites for hydroxylation is 1. The molecule has 1 N–H and O–H groups in total. The summed E-state index contributed by atoms with van der Waals surface area (Å²) in [6.07, 6.45) is 0. The van der Waals surface area contributed by atoms with Crippen LogP contribution in [0.5, 0.6) is 5.75 Å². The number of aromatic nitrogens is 1. The number of ether oxygens (including phenoxy) is 1. The third-order valence-corrected chi connectivity index (χ3v) is 6.54. The fourth-order valence-corrected chi connectivity index (χ4v) is 4.96. The first-order valence-electron chi connectivity index (χ1n) is 11.5. The highest BCUT2D eigenvalue weighted by atomic mass is 16.5. The lowest BCUT2D eigenvalue weighted by atomic mass is 9.95. The molecule has 4 aromatic carbocycles. The van der Waals surface area contributed by atoms with E-state index in [1.807, 2.05) is 89.8 Å². The molecular weight excluding hydrogens is 420 g/mol. The molecule has 2 heterocycles. The van der Waals surface area contributed by atoms with Gasteiger partial charge in [-0.05, 0) is 54.4 Å². The lowest BCUT2D eigenvalue weighted by Gasteiger charge is -2.26. The van der Waals surface area contributed by atoms with E-state index >= 15 is 0 Å². The summed E-state index contributed by atoms with van der Waals surface area (Å²) in [6, 6.07) is 33.9. The minimum atomic E-state index is -0.198. The van der Waals surface area contributed by atoms with Gasteiger partial charge in [-0.25, -0.2) is 0 Å². The van der Waals surface area contributed by atoms with Crippen LogP contribution in [0.1, 0.15) is 38.8 Å². The number of H-pyrrole nitrogens is 1. The quantitative estimate of drug-likeness (QED) is 0.324. The predicted octanol–water partition coefficient (Wildman–Crippen LogP) is 6.81. The number of carbonyl (C=O) groups is 1. The molecule has 166 valence electrons. The van der Waals surface area contributed by atoms with E-state index in [0.717, 1.165) is 50.3 Å². The molecule has 0 spiro atoms. The highest BCUT2D eigenvalue weighted by molar-refractivity contribution is 6.12. The molecule has 6 rings (SSSR count). The monoisotopic (exact) mass is 444 g/mol. The first-order chi connectivity index (χ1) is 16.7. The van der Waals surface area contributed by atoms with Crippen molar-refractivity contribution >= 4 is 22.5 Å². The number of hydrogen-bond acceptors (Lipinski definition) is 2. The van der Waals surface area contributed by atoms with Gasteiger partial charge in [0.15, 0.2) is 0 Å². The van der Waals surface area contributed by atoms with E-state index in [2.05, 4.69) is 30.1 Å². The molecule has 0 saturated carbocycles. The normalized spacial score (nSPS) is 15.0. The predicted molar refractivity (Wildman–Crippen MR) is 135 cm³/mol. The van der Waals surface area contributed by atoms with Gasteiger partial charge in [-0.15, -0.1) is 0 Å². The van der Waals surface area contributed by atoms with Gasteiger partial charge in [-0.3, -0.25) is 9.69 Å². The summed E-state index contributed by atoms with van der Waals surface area (Å²) < 4.78 is 5.97. The van der Waals surface area contributed by atoms with E-state index in [4.69, 9.17) is 4.74 Å². The molecule has 1 aromatic heterocycles. The van der Waals surface area contributed by atoms with Crippen LogP contribution in [0, 0.1) is 6.92 Å². The Kier molecular flexibility index (Phi) is 4.92. The van der Waals surface area contributed by atoms with Gasteiger partial charge in [0.1, 0.15) is 12.4 Å². The second-order valence-corrected chi connectivity index (χ2v) is 8.64. The number of anilines is 1. The van der Waals surface area contributed by atoms with Gasteiger partial charge in [0.2, 0.25) is 0 Å². The molecule has 0 aliphatic carbocycles. The molecule has 1 aliphatic rings. The Morgan fingerprint density at radius 3 is 2.35 bits per heavy atom. The number of carbonyl (C=O) groups excluding carboxylic acids is 1. The summed E-state index contributed by atoms with van der Waals surface area (Å²) in [5.74, 6) is 0.792. The number of amides is 1. The maximum Gasteiger partial charge on any atom is 0.259 e. The zero-order valence-electron chi connectivity index (χ0n) is 18.9. The molecule has 1 atom stereocenters. The standard InChI is InChI=1S/C30H24N2O2/c1-20-28(26-13-7-8-14-27(26)31-20)29-24-11-5-6-12-25(24)30(33)32(29)22-15-17-23(18-16-22)34-19-21-9-3-2-4-10-21/h2-18,29,31H,19H2,1H3. The second kappa shape index (κ2) is 8.23. The lowest BCUT2D eigenvalue weighted by Crippen LogP contribution is -2.28. The van der Waals surface area contributed by atoms with Crippen LogP contribution < -0.4 is 9.64 Å². The Hall–Kier alpha value is -4.31. The third-order valence-electron chi connectivity index (χ3n) is 6.54. The average Bonchev–Trinajstić information content (AvgIpc) is 3.36. The summed E-state index contributed by atoms with van der Waals surface area (Å²) in [5, 5.41) is 1.14. The molecule has 4 heteroatoms. The smallest absolute Gasteiger partial charge is 0.259 e. The van der Waals surface area contributed by atoms with Crippen molar-refractivity contribution in [3.05, 3.63) is 131 Å². The van der Waals surface area contributed by atoms with Crippen molar-refractivity contribution in [3.8, 4) is 5.75 Å². The van der Waals surface area contributed by atoms with Gasteiger partial charge >= 0.3 is 0 Å². The first-order valence-corrected chi connectivity index (χ1v) is 11.5. The van der Waals surface area contributed by atoms with Gasteiger partial charge in [-0.2, -0.15) is 0 Å². The van der Waals surface area contributed by atoms with E-state index < -0.39 is 0 Å². The van der Waals surface area contributed by atoms with Crippen molar-refractivity contribution in [1.29, 1.82) is 0 Å². The minimum absolute atomic E-state index is 0.0169. The SMILES string of the molecule is Cc1[nH]c2ccccc2c1C1c2ccccc2C(=O)N1c1ccc(OCc2ccccc2)cc1. The molecule has 4 nitrogen and oxygen atoms in total. The van der Waals surface area contributed by atoms with E-state index in [1.165, 1.54) is 0 Å². The number of benzene rings is 4. The third kappa shape index (κ3) is 3.35. The Labute approximate surface area is 198 Å². The highest BCUT2D eigenvalue weighted by Gasteiger charge is 2.40. The van der Waals surface area contributed by atoms with Crippen molar-refractivity contribution < 1.29 is 9.53 Å². The van der Waals surface area contributed by atoms with Gasteiger partial charge < -0.3 is 9.72 Å². The zero-order valence-corrected chi connectivity index (χ0v) is 18.9. The lowest BCUT2D eigenvalue weighted by molar-refractivity contribution is 0.0993. The maximum atomic E-state index is 13.6. The van der Waals surface area contributed by atoms with E-state index in [0.29, 0.717) is 6.61 Å². The molecule has 0 fully saturated rings. The fourth-order valence-electron chi connectivity index (χ4n) is 4.96. The van der Waals surface area contributed by atoms with E-state index in [-0.39, 0.29) is 11.9 Å². The Morgan fingerprint density at radius 2 is 1.53 bits per heavy atom. The van der Waals surface area contributed by atoms with Crippen LogP contribution in [0.3, 0.4) is 0 Å². The molecule has 34 heavy (non-hydrogen) atoms. The molecule has 0 radical (unpaired) electrons. The van der Waals surface area contributed by atoms with Gasteiger partial charge in [0.05, 0.1) is 6.04 Å². The van der Waals surface area contributed by atoms with Crippen molar-refractivity contribution in [3.63, 3.8) is 0 Å². The Bertz CT molecular complexity index is 1490. The van der Waals surface area contributed by atoms with Crippen LogP contribution in [-0.4, -0.2) is 10.9 Å². The number of rotatable bonds is 5. The number of nitrogens with zero attached hydrogens (tertiary/aromatic N) is 1. The van der Waals surface area contributed by atoms with Crippen LogP contribution in [-0.2, 0) is 6.61 Å². The van der Waals surface area contributed by atoms with Crippen LogP contribution in [0.4, 0.5) is 5.69 Å². The van der Waals surface area contributed by atoms with Crippen molar-refractivity contribution in [2.24, 2.45) is 0 Å². The van der Waals surface area contributed by atoms with Gasteiger partial charge in [0.25, 0.3) is 5.91 Å². The van der Waals surface area contributed by atoms with Crippen molar-refractivity contribution in [2.75, 3.05) is 4.90 Å². The molecule has 0 bridgehead atoms. The minimum Gasteiger partial charge on any atom is -0.489 e. The zero-order chi connectivity index (χ0) is 23.1. The molecule has 0 saturated heterocycles. The largest absolute Gasteiger partial charge is 0.489 e. The summed E-state index contributed by atoms with van der Waals surface area (Å²) >= 11 is 0. The number of hydrogen-bond donors (Lipinski definition) is 1. The Balaban J connectivity index is 1.39. The van der Waals surface area contributed by atoms with Crippen molar-refractivity contribution in [1.82, 2.24) is 4.98 Å². The summed E-state index contributed by atoms with van der Waals surface area (Å²) in [6.45, 7) is 2.59. The van der Waals surface area contributed by atoms with Crippen LogP contribution >= 0.6 is 0 Å². The summed E-state index contributed by atoms with van der Waals surface area (Å²) in [4.78, 5) is 19.0. The average molecular weight is 445 g/mol. The van der Waals surface area contributed by atoms with Crippen LogP contribution in [0.15, 0.2) is 103 Å². The molecule has 1 aliphatic heterocycles. The number of aromatic amines is 1. The topological polar surface area (TPSA) is 45.3 Å². The molecule has 1 amide bonds. The van der Waals surface area contributed by atoms with Crippen LogP contribution in [0.25, 0.3) is 10.9 Å². The molecular formula is C30H24N2O2. The fraction of sp³-hybridized carbons (Fsp3) is 0.100. The Morgan fingerprint density at radius 1 is 0.824 bits per heavy atom. The first kappa shape index (κ1) is 20.3. The van der Waals surface area contributed by atoms with Crippen molar-refractivity contribution in [2.45, 2.75) is 19.6 Å². The highest BCUT2D eigenvalue weighted by Crippen LogP contribution is 2.45. The van der Waals surface area contributed by atoms with E-state index in [9.17, 15) is 4.79 Å². The van der Waals surface area contributed by atoms with Gasteiger partial charge in [-0.1, -0.05) is 66.7 Å². The molecule has 5 aromatic rings. The number of nitrogens with one attached hydrogen (secondary N) is 1. The maximum absolute atomic E-state index is 13.6. The summed E-state index contributed by atoms with van der Waals surface area (Å²) in [7, 11) is 0.